The summed E-state index contributed by atoms with van der Waals surface area (Å²) in [5.74, 6) is 2.61. The van der Waals surface area contributed by atoms with Gasteiger partial charge in [-0.3, -0.25) is 4.79 Å². The molecule has 1 heterocycles. The molecule has 0 bridgehead atoms. The molecule has 0 unspecified atom stereocenters. The molecule has 0 saturated heterocycles. The van der Waals surface area contributed by atoms with Crippen molar-refractivity contribution in [1.82, 2.24) is 9.55 Å². The van der Waals surface area contributed by atoms with Crippen LogP contribution in [0.5, 0.6) is 0 Å². The van der Waals surface area contributed by atoms with Gasteiger partial charge in [-0.25, -0.2) is 4.98 Å². The number of terminal acetylenes is 1. The Morgan fingerprint density at radius 2 is 2.00 bits per heavy atom. The lowest BCUT2D eigenvalue weighted by atomic mass is 10.0. The number of benzene rings is 2. The minimum absolute atomic E-state index is 0.0812. The fourth-order valence-electron chi connectivity index (χ4n) is 2.85. The van der Waals surface area contributed by atoms with E-state index in [1.165, 1.54) is 0 Å². The van der Waals surface area contributed by atoms with Crippen molar-refractivity contribution in [1.29, 1.82) is 0 Å². The second-order valence-electron chi connectivity index (χ2n) is 6.04. The summed E-state index contributed by atoms with van der Waals surface area (Å²) in [5, 5.41) is 2.97. The summed E-state index contributed by atoms with van der Waals surface area (Å²) < 4.78 is 1.93. The van der Waals surface area contributed by atoms with Gasteiger partial charge in [0.15, 0.2) is 0 Å². The van der Waals surface area contributed by atoms with Crippen LogP contribution in [0, 0.1) is 18.3 Å². The summed E-state index contributed by atoms with van der Waals surface area (Å²) in [7, 11) is 0. The topological polar surface area (TPSA) is 46.9 Å². The maximum absolute atomic E-state index is 12.9. The number of rotatable bonds is 4. The number of aromatic nitrogens is 2. The molecule has 3 aromatic rings. The zero-order valence-corrected chi connectivity index (χ0v) is 13.7. The standard InChI is InChI=1S/C20H19N3O/c1-4-15-8-7-9-16(12-15)22-20(24)19(14(2)3)23-13-21-17-10-5-6-11-18(17)23/h1,5-14,19H,2-3H3,(H,22,24)/t19-/m1/s1. The molecule has 3 rings (SSSR count). The van der Waals surface area contributed by atoms with Crippen LogP contribution in [0.3, 0.4) is 0 Å². The van der Waals surface area contributed by atoms with Gasteiger partial charge in [0.1, 0.15) is 6.04 Å². The van der Waals surface area contributed by atoms with Crippen LogP contribution in [-0.2, 0) is 4.79 Å². The zero-order chi connectivity index (χ0) is 17.1. The van der Waals surface area contributed by atoms with Gasteiger partial charge in [-0.2, -0.15) is 0 Å². The quantitative estimate of drug-likeness (QED) is 0.743. The molecule has 0 aliphatic carbocycles. The maximum atomic E-state index is 12.9. The Hall–Kier alpha value is -3.06. The number of carbonyl (C=O) groups is 1. The first kappa shape index (κ1) is 15.8. The summed E-state index contributed by atoms with van der Waals surface area (Å²) in [6, 6.07) is 14.7. The van der Waals surface area contributed by atoms with E-state index in [9.17, 15) is 4.79 Å². The number of imidazole rings is 1. The van der Waals surface area contributed by atoms with E-state index in [1.807, 2.05) is 60.9 Å². The molecule has 2 aromatic carbocycles. The Morgan fingerprint density at radius 1 is 1.21 bits per heavy atom. The van der Waals surface area contributed by atoms with E-state index in [0.29, 0.717) is 5.69 Å². The fraction of sp³-hybridized carbons (Fsp3) is 0.200. The second kappa shape index (κ2) is 6.59. The van der Waals surface area contributed by atoms with Crippen LogP contribution in [0.1, 0.15) is 25.5 Å². The fourth-order valence-corrected chi connectivity index (χ4v) is 2.85. The third-order valence-corrected chi connectivity index (χ3v) is 3.98. The molecular formula is C20H19N3O. The van der Waals surface area contributed by atoms with Crippen LogP contribution >= 0.6 is 0 Å². The monoisotopic (exact) mass is 317 g/mol. The number of hydrogen-bond donors (Lipinski definition) is 1. The summed E-state index contributed by atoms with van der Waals surface area (Å²) in [4.78, 5) is 17.3. The molecule has 0 aliphatic rings. The zero-order valence-electron chi connectivity index (χ0n) is 13.7. The van der Waals surface area contributed by atoms with E-state index in [1.54, 1.807) is 12.4 Å². The SMILES string of the molecule is C#Cc1cccc(NC(=O)[C@@H](C(C)C)n2cnc3ccccc32)c1. The van der Waals surface area contributed by atoms with E-state index in [2.05, 4.69) is 16.2 Å². The summed E-state index contributed by atoms with van der Waals surface area (Å²) in [6.45, 7) is 4.05. The van der Waals surface area contributed by atoms with E-state index in [0.717, 1.165) is 16.6 Å². The molecule has 120 valence electrons. The molecule has 0 saturated carbocycles. The number of hydrogen-bond acceptors (Lipinski definition) is 2. The van der Waals surface area contributed by atoms with Gasteiger partial charge in [0.25, 0.3) is 0 Å². The number of carbonyl (C=O) groups excluding carboxylic acids is 1. The van der Waals surface area contributed by atoms with Crippen molar-refractivity contribution < 1.29 is 4.79 Å². The highest BCUT2D eigenvalue weighted by Crippen LogP contribution is 2.25. The first-order valence-electron chi connectivity index (χ1n) is 7.89. The van der Waals surface area contributed by atoms with Gasteiger partial charge in [0, 0.05) is 11.3 Å². The average molecular weight is 317 g/mol. The Balaban J connectivity index is 1.93. The summed E-state index contributed by atoms with van der Waals surface area (Å²) in [6.07, 6.45) is 7.15. The number of anilines is 1. The van der Waals surface area contributed by atoms with Gasteiger partial charge in [-0.1, -0.05) is 38.0 Å². The third kappa shape index (κ3) is 3.02. The van der Waals surface area contributed by atoms with Gasteiger partial charge < -0.3 is 9.88 Å². The Bertz CT molecular complexity index is 918. The molecule has 1 amide bonds. The van der Waals surface area contributed by atoms with E-state index < -0.39 is 0 Å². The van der Waals surface area contributed by atoms with Crippen LogP contribution in [0.25, 0.3) is 11.0 Å². The molecule has 0 aliphatic heterocycles. The second-order valence-corrected chi connectivity index (χ2v) is 6.04. The van der Waals surface area contributed by atoms with Gasteiger partial charge in [-0.15, -0.1) is 6.42 Å². The first-order chi connectivity index (χ1) is 11.6. The predicted molar refractivity (Wildman–Crippen MR) is 96.6 cm³/mol. The average Bonchev–Trinajstić information content (AvgIpc) is 2.99. The number of fused-ring (bicyclic) bond motifs is 1. The third-order valence-electron chi connectivity index (χ3n) is 3.98. The van der Waals surface area contributed by atoms with E-state index >= 15 is 0 Å². The van der Waals surface area contributed by atoms with E-state index in [4.69, 9.17) is 6.42 Å². The van der Waals surface area contributed by atoms with Crippen molar-refractivity contribution >= 4 is 22.6 Å². The van der Waals surface area contributed by atoms with Crippen molar-refractivity contribution in [3.63, 3.8) is 0 Å². The van der Waals surface area contributed by atoms with Gasteiger partial charge in [-0.05, 0) is 36.2 Å². The normalized spacial score (nSPS) is 12.1. The van der Waals surface area contributed by atoms with Crippen molar-refractivity contribution in [3.8, 4) is 12.3 Å². The van der Waals surface area contributed by atoms with Gasteiger partial charge >= 0.3 is 0 Å². The highest BCUT2D eigenvalue weighted by atomic mass is 16.2. The van der Waals surface area contributed by atoms with Crippen molar-refractivity contribution in [2.45, 2.75) is 19.9 Å². The number of nitrogens with zero attached hydrogens (tertiary/aromatic N) is 2. The molecule has 24 heavy (non-hydrogen) atoms. The largest absolute Gasteiger partial charge is 0.324 e. The lowest BCUT2D eigenvalue weighted by Gasteiger charge is -2.22. The Kier molecular flexibility index (Phi) is 4.35. The lowest BCUT2D eigenvalue weighted by molar-refractivity contribution is -0.120. The van der Waals surface area contributed by atoms with Crippen molar-refractivity contribution in [2.24, 2.45) is 5.92 Å². The molecule has 1 aromatic heterocycles. The van der Waals surface area contributed by atoms with E-state index in [-0.39, 0.29) is 17.9 Å². The highest BCUT2D eigenvalue weighted by molar-refractivity contribution is 5.95. The van der Waals surface area contributed by atoms with Crippen molar-refractivity contribution in [2.75, 3.05) is 5.32 Å². The van der Waals surface area contributed by atoms with Crippen LogP contribution < -0.4 is 5.32 Å². The van der Waals surface area contributed by atoms with Gasteiger partial charge in [0.05, 0.1) is 17.4 Å². The van der Waals surface area contributed by atoms with Crippen LogP contribution in [0.15, 0.2) is 54.9 Å². The number of para-hydroxylation sites is 2. The molecule has 4 heteroatoms. The molecule has 0 radical (unpaired) electrons. The molecule has 1 N–H and O–H groups in total. The van der Waals surface area contributed by atoms with Gasteiger partial charge in [0.2, 0.25) is 5.91 Å². The number of amides is 1. The highest BCUT2D eigenvalue weighted by Gasteiger charge is 2.25. The summed E-state index contributed by atoms with van der Waals surface area (Å²) in [5.41, 5.74) is 3.27. The number of nitrogens with one attached hydrogen (secondary N) is 1. The molecular weight excluding hydrogens is 298 g/mol. The molecule has 0 fully saturated rings. The summed E-state index contributed by atoms with van der Waals surface area (Å²) >= 11 is 0. The van der Waals surface area contributed by atoms with Crippen LogP contribution in [-0.4, -0.2) is 15.5 Å². The van der Waals surface area contributed by atoms with Crippen LogP contribution in [0.2, 0.25) is 0 Å². The molecule has 0 spiro atoms. The Labute approximate surface area is 141 Å². The maximum Gasteiger partial charge on any atom is 0.247 e. The molecule has 1 atom stereocenters. The molecule has 4 nitrogen and oxygen atoms in total. The smallest absolute Gasteiger partial charge is 0.247 e. The van der Waals surface area contributed by atoms with Crippen LogP contribution in [0.4, 0.5) is 5.69 Å². The minimum Gasteiger partial charge on any atom is -0.324 e. The van der Waals surface area contributed by atoms with Crippen molar-refractivity contribution in [3.05, 3.63) is 60.4 Å². The first-order valence-corrected chi connectivity index (χ1v) is 7.89. The minimum atomic E-state index is -0.355. The predicted octanol–water partition coefficient (Wildman–Crippen LogP) is 3.85. The lowest BCUT2D eigenvalue weighted by Crippen LogP contribution is -2.29. The Morgan fingerprint density at radius 3 is 2.75 bits per heavy atom.